The molecular weight excluding hydrogens is 371 g/mol. The minimum Gasteiger partial charge on any atom is -0.494 e. The average Bonchev–Trinajstić information content (AvgIpc) is 2.70. The summed E-state index contributed by atoms with van der Waals surface area (Å²) in [7, 11) is 0. The Morgan fingerprint density at radius 1 is 1.10 bits per heavy atom. The molecule has 1 atom stereocenters. The normalized spacial score (nSPS) is 11.8. The second-order valence-electron chi connectivity index (χ2n) is 7.13. The number of hydrogen-bond donors (Lipinski definition) is 1. The van der Waals surface area contributed by atoms with Gasteiger partial charge in [-0.25, -0.2) is 4.39 Å². The van der Waals surface area contributed by atoms with E-state index < -0.39 is 6.04 Å². The second-order valence-corrected chi connectivity index (χ2v) is 7.13. The van der Waals surface area contributed by atoms with Crippen LogP contribution < -0.4 is 10.1 Å². The van der Waals surface area contributed by atoms with Gasteiger partial charge >= 0.3 is 0 Å². The molecule has 0 aliphatic heterocycles. The van der Waals surface area contributed by atoms with Crippen molar-refractivity contribution in [1.82, 2.24) is 10.2 Å². The van der Waals surface area contributed by atoms with Gasteiger partial charge in [-0.3, -0.25) is 9.59 Å². The van der Waals surface area contributed by atoms with E-state index in [0.29, 0.717) is 30.0 Å². The smallest absolute Gasteiger partial charge is 0.251 e. The van der Waals surface area contributed by atoms with Crippen molar-refractivity contribution in [2.45, 2.75) is 40.3 Å². The van der Waals surface area contributed by atoms with Crippen LogP contribution in [0.25, 0.3) is 0 Å². The topological polar surface area (TPSA) is 58.6 Å². The minimum absolute atomic E-state index is 0.101. The molecule has 2 aromatic carbocycles. The third-order valence-electron chi connectivity index (χ3n) is 4.60. The van der Waals surface area contributed by atoms with E-state index in [2.05, 4.69) is 5.32 Å². The fourth-order valence-electron chi connectivity index (χ4n) is 3.01. The van der Waals surface area contributed by atoms with E-state index in [4.69, 9.17) is 4.74 Å². The van der Waals surface area contributed by atoms with Crippen LogP contribution in [0.4, 0.5) is 4.39 Å². The highest BCUT2D eigenvalue weighted by Crippen LogP contribution is 2.15. The van der Waals surface area contributed by atoms with Crippen LogP contribution in [0, 0.1) is 11.7 Å². The number of nitrogens with one attached hydrogen (secondary N) is 1. The highest BCUT2D eigenvalue weighted by molar-refractivity contribution is 5.97. The lowest BCUT2D eigenvalue weighted by Crippen LogP contribution is -2.51. The molecule has 1 unspecified atom stereocenters. The van der Waals surface area contributed by atoms with Crippen molar-refractivity contribution in [3.8, 4) is 5.75 Å². The van der Waals surface area contributed by atoms with Crippen LogP contribution in [-0.2, 0) is 11.3 Å². The number of benzene rings is 2. The number of carbonyl (C=O) groups excluding carboxylic acids is 2. The molecule has 2 aromatic rings. The Morgan fingerprint density at radius 2 is 1.79 bits per heavy atom. The molecule has 0 aliphatic rings. The lowest BCUT2D eigenvalue weighted by molar-refractivity contribution is -0.134. The molecule has 1 N–H and O–H groups in total. The van der Waals surface area contributed by atoms with Gasteiger partial charge in [0.25, 0.3) is 5.91 Å². The summed E-state index contributed by atoms with van der Waals surface area (Å²) in [5.74, 6) is -0.258. The van der Waals surface area contributed by atoms with E-state index in [1.54, 1.807) is 41.3 Å². The summed E-state index contributed by atoms with van der Waals surface area (Å²) in [6, 6.07) is 12.3. The van der Waals surface area contributed by atoms with Crippen molar-refractivity contribution in [2.24, 2.45) is 5.92 Å². The first kappa shape index (κ1) is 22.4. The molecule has 6 heteroatoms. The summed E-state index contributed by atoms with van der Waals surface area (Å²) in [6.45, 7) is 8.82. The first-order valence-electron chi connectivity index (χ1n) is 9.92. The predicted molar refractivity (Wildman–Crippen MR) is 111 cm³/mol. The third-order valence-corrected chi connectivity index (χ3v) is 4.60. The molecule has 0 fully saturated rings. The molecule has 5 nitrogen and oxygen atoms in total. The van der Waals surface area contributed by atoms with Gasteiger partial charge in [0, 0.05) is 18.7 Å². The van der Waals surface area contributed by atoms with Gasteiger partial charge in [-0.05, 0) is 61.7 Å². The van der Waals surface area contributed by atoms with Crippen molar-refractivity contribution < 1.29 is 18.7 Å². The summed E-state index contributed by atoms with van der Waals surface area (Å²) in [5, 5.41) is 2.85. The Bertz CT molecular complexity index is 821. The number of amides is 2. The van der Waals surface area contributed by atoms with Crippen molar-refractivity contribution in [3.63, 3.8) is 0 Å². The minimum atomic E-state index is -0.678. The summed E-state index contributed by atoms with van der Waals surface area (Å²) in [4.78, 5) is 27.4. The fraction of sp³-hybridized carbons (Fsp3) is 0.391. The van der Waals surface area contributed by atoms with Gasteiger partial charge in [-0.1, -0.05) is 26.0 Å². The van der Waals surface area contributed by atoms with Gasteiger partial charge < -0.3 is 15.0 Å². The van der Waals surface area contributed by atoms with Crippen LogP contribution in [-0.4, -0.2) is 35.9 Å². The molecular formula is C23H29FN2O3. The van der Waals surface area contributed by atoms with Gasteiger partial charge in [-0.2, -0.15) is 0 Å². The molecule has 2 rings (SSSR count). The van der Waals surface area contributed by atoms with Crippen molar-refractivity contribution in [3.05, 3.63) is 65.5 Å². The van der Waals surface area contributed by atoms with Crippen LogP contribution in [0.2, 0.25) is 0 Å². The molecule has 0 saturated heterocycles. The maximum Gasteiger partial charge on any atom is 0.251 e. The van der Waals surface area contributed by atoms with E-state index in [0.717, 1.165) is 0 Å². The third kappa shape index (κ3) is 6.31. The number of ether oxygens (including phenoxy) is 1. The fourth-order valence-corrected chi connectivity index (χ4v) is 3.01. The monoisotopic (exact) mass is 400 g/mol. The lowest BCUT2D eigenvalue weighted by Gasteiger charge is -2.29. The van der Waals surface area contributed by atoms with Gasteiger partial charge in [0.2, 0.25) is 5.91 Å². The molecule has 0 bridgehead atoms. The molecule has 0 aromatic heterocycles. The molecule has 0 radical (unpaired) electrons. The van der Waals surface area contributed by atoms with Crippen LogP contribution >= 0.6 is 0 Å². The molecule has 156 valence electrons. The lowest BCUT2D eigenvalue weighted by atomic mass is 10.0. The summed E-state index contributed by atoms with van der Waals surface area (Å²) >= 11 is 0. The molecule has 0 heterocycles. The van der Waals surface area contributed by atoms with E-state index in [1.165, 1.54) is 12.1 Å². The second kappa shape index (κ2) is 10.6. The van der Waals surface area contributed by atoms with E-state index in [9.17, 15) is 14.0 Å². The van der Waals surface area contributed by atoms with Crippen LogP contribution in [0.1, 0.15) is 43.6 Å². The van der Waals surface area contributed by atoms with Gasteiger partial charge in [-0.15, -0.1) is 0 Å². The van der Waals surface area contributed by atoms with E-state index in [-0.39, 0.29) is 30.1 Å². The largest absolute Gasteiger partial charge is 0.494 e. The maximum atomic E-state index is 13.5. The zero-order chi connectivity index (χ0) is 21.4. The number of likely N-dealkylation sites (N-methyl/N-ethyl adjacent to an activating group) is 1. The Kier molecular flexibility index (Phi) is 8.19. The molecule has 0 aliphatic carbocycles. The molecule has 29 heavy (non-hydrogen) atoms. The Balaban J connectivity index is 2.11. The molecule has 2 amide bonds. The van der Waals surface area contributed by atoms with E-state index in [1.807, 2.05) is 27.7 Å². The van der Waals surface area contributed by atoms with Crippen LogP contribution in [0.3, 0.4) is 0 Å². The van der Waals surface area contributed by atoms with Crippen LogP contribution in [0.15, 0.2) is 48.5 Å². The predicted octanol–water partition coefficient (Wildman–Crippen LogP) is 4.03. The van der Waals surface area contributed by atoms with Crippen molar-refractivity contribution in [2.75, 3.05) is 13.2 Å². The average molecular weight is 400 g/mol. The number of carbonyl (C=O) groups is 2. The summed E-state index contributed by atoms with van der Waals surface area (Å²) in [6.07, 6.45) is 0. The zero-order valence-electron chi connectivity index (χ0n) is 17.4. The van der Waals surface area contributed by atoms with Gasteiger partial charge in [0.15, 0.2) is 0 Å². The highest BCUT2D eigenvalue weighted by Gasteiger charge is 2.28. The Labute approximate surface area is 171 Å². The number of nitrogens with zero attached hydrogens (tertiary/aromatic N) is 1. The number of rotatable bonds is 9. The standard InChI is InChI=1S/C23H29FN2O3/c1-5-26(15-17-8-7-9-19(24)14-17)23(28)21(16(3)4)25-22(27)18-10-12-20(13-11-18)29-6-2/h7-14,16,21H,5-6,15H2,1-4H3,(H,25,27). The first-order valence-corrected chi connectivity index (χ1v) is 9.92. The van der Waals surface area contributed by atoms with Crippen LogP contribution in [0.5, 0.6) is 5.75 Å². The summed E-state index contributed by atoms with van der Waals surface area (Å²) in [5.41, 5.74) is 1.17. The SMILES string of the molecule is CCOc1ccc(C(=O)NC(C(=O)N(CC)Cc2cccc(F)c2)C(C)C)cc1. The Hall–Kier alpha value is -2.89. The zero-order valence-corrected chi connectivity index (χ0v) is 17.4. The maximum absolute atomic E-state index is 13.5. The highest BCUT2D eigenvalue weighted by atomic mass is 19.1. The quantitative estimate of drug-likeness (QED) is 0.691. The van der Waals surface area contributed by atoms with Crippen molar-refractivity contribution in [1.29, 1.82) is 0 Å². The van der Waals surface area contributed by atoms with Crippen molar-refractivity contribution >= 4 is 11.8 Å². The Morgan fingerprint density at radius 3 is 2.34 bits per heavy atom. The molecule has 0 saturated carbocycles. The van der Waals surface area contributed by atoms with Gasteiger partial charge in [0.1, 0.15) is 17.6 Å². The molecule has 0 spiro atoms. The van der Waals surface area contributed by atoms with E-state index >= 15 is 0 Å². The summed E-state index contributed by atoms with van der Waals surface area (Å²) < 4.78 is 18.9. The number of hydrogen-bond acceptors (Lipinski definition) is 3. The van der Waals surface area contributed by atoms with Gasteiger partial charge in [0.05, 0.1) is 6.61 Å². The number of halogens is 1. The first-order chi connectivity index (χ1) is 13.8.